The first-order chi connectivity index (χ1) is 13.8. The molecule has 1 fully saturated rings. The molecule has 3 rings (SSSR count). The van der Waals surface area contributed by atoms with E-state index in [1.807, 2.05) is 37.3 Å². The van der Waals surface area contributed by atoms with Gasteiger partial charge in [0.15, 0.2) is 0 Å². The summed E-state index contributed by atoms with van der Waals surface area (Å²) in [6.45, 7) is 2.63. The summed E-state index contributed by atoms with van der Waals surface area (Å²) in [6, 6.07) is 15.5. The van der Waals surface area contributed by atoms with Gasteiger partial charge in [-0.2, -0.15) is 0 Å². The van der Waals surface area contributed by atoms with E-state index in [1.54, 1.807) is 12.1 Å². The number of ether oxygens (including phenoxy) is 2. The molecule has 0 N–H and O–H groups in total. The van der Waals surface area contributed by atoms with E-state index in [-0.39, 0.29) is 23.8 Å². The van der Waals surface area contributed by atoms with Crippen LogP contribution in [0.3, 0.4) is 0 Å². The van der Waals surface area contributed by atoms with Crippen molar-refractivity contribution >= 4 is 5.97 Å². The number of nitrogens with zero attached hydrogens (tertiary/aromatic N) is 1. The molecule has 0 aliphatic carbocycles. The Bertz CT molecular complexity index is 808. The second kappa shape index (κ2) is 8.86. The van der Waals surface area contributed by atoms with Gasteiger partial charge in [0.2, 0.25) is 0 Å². The first-order valence-electron chi connectivity index (χ1n) is 9.54. The Hall–Kier alpha value is -2.54. The summed E-state index contributed by atoms with van der Waals surface area (Å²) in [5.41, 5.74) is 1.91. The van der Waals surface area contributed by atoms with Gasteiger partial charge in [-0.1, -0.05) is 49.4 Å². The Morgan fingerprint density at radius 3 is 2.34 bits per heavy atom. The summed E-state index contributed by atoms with van der Waals surface area (Å²) in [5.74, 6) is -0.928. The number of carbonyl (C=O) groups excluding carboxylic acids is 1. The van der Waals surface area contributed by atoms with Crippen LogP contribution in [0, 0.1) is 5.92 Å². The molecule has 0 radical (unpaired) electrons. The first kappa shape index (κ1) is 21.2. The van der Waals surface area contributed by atoms with E-state index in [0.717, 1.165) is 30.5 Å². The van der Waals surface area contributed by atoms with E-state index in [4.69, 9.17) is 4.74 Å². The van der Waals surface area contributed by atoms with Crippen molar-refractivity contribution in [1.82, 2.24) is 4.90 Å². The van der Waals surface area contributed by atoms with Gasteiger partial charge >= 0.3 is 12.3 Å². The molecule has 7 heteroatoms. The smallest absolute Gasteiger partial charge is 0.469 e. The average Bonchev–Trinajstić information content (AvgIpc) is 3.17. The van der Waals surface area contributed by atoms with E-state index in [0.29, 0.717) is 0 Å². The van der Waals surface area contributed by atoms with Crippen LogP contribution in [0.5, 0.6) is 5.75 Å². The van der Waals surface area contributed by atoms with Gasteiger partial charge in [0.25, 0.3) is 0 Å². The zero-order valence-corrected chi connectivity index (χ0v) is 16.4. The largest absolute Gasteiger partial charge is 0.573 e. The van der Waals surface area contributed by atoms with Gasteiger partial charge in [-0.3, -0.25) is 9.69 Å². The van der Waals surface area contributed by atoms with Gasteiger partial charge in [0.05, 0.1) is 13.0 Å². The summed E-state index contributed by atoms with van der Waals surface area (Å²) in [6.07, 6.45) is -2.92. The molecule has 1 saturated heterocycles. The molecule has 0 spiro atoms. The van der Waals surface area contributed by atoms with Crippen LogP contribution in [0.1, 0.15) is 43.0 Å². The Morgan fingerprint density at radius 2 is 1.76 bits per heavy atom. The fourth-order valence-corrected chi connectivity index (χ4v) is 4.10. The SMILES string of the molecule is COC(=O)C(C)C(c1ccccc1)N1CCCC1c1ccc(OC(F)(F)F)cc1. The third kappa shape index (κ3) is 5.09. The van der Waals surface area contributed by atoms with Crippen LogP contribution >= 0.6 is 0 Å². The number of hydrogen-bond donors (Lipinski definition) is 0. The highest BCUT2D eigenvalue weighted by atomic mass is 19.4. The van der Waals surface area contributed by atoms with E-state index < -0.39 is 12.3 Å². The topological polar surface area (TPSA) is 38.8 Å². The summed E-state index contributed by atoms with van der Waals surface area (Å²) >= 11 is 0. The lowest BCUT2D eigenvalue weighted by molar-refractivity contribution is -0.274. The second-order valence-electron chi connectivity index (χ2n) is 7.18. The lowest BCUT2D eigenvalue weighted by atomic mass is 9.91. The van der Waals surface area contributed by atoms with Crippen molar-refractivity contribution in [2.45, 2.75) is 38.2 Å². The number of hydrogen-bond acceptors (Lipinski definition) is 4. The Labute approximate surface area is 168 Å². The second-order valence-corrected chi connectivity index (χ2v) is 7.18. The van der Waals surface area contributed by atoms with Gasteiger partial charge in [0, 0.05) is 12.1 Å². The predicted octanol–water partition coefficient (Wildman–Crippen LogP) is 5.27. The fraction of sp³-hybridized carbons (Fsp3) is 0.409. The maximum Gasteiger partial charge on any atom is 0.573 e. The van der Waals surface area contributed by atoms with Crippen molar-refractivity contribution < 1.29 is 27.4 Å². The van der Waals surface area contributed by atoms with E-state index in [2.05, 4.69) is 9.64 Å². The summed E-state index contributed by atoms with van der Waals surface area (Å²) in [4.78, 5) is 14.6. The third-order valence-electron chi connectivity index (χ3n) is 5.34. The number of carbonyl (C=O) groups is 1. The monoisotopic (exact) mass is 407 g/mol. The van der Waals surface area contributed by atoms with Crippen LogP contribution in [0.25, 0.3) is 0 Å². The highest BCUT2D eigenvalue weighted by molar-refractivity contribution is 5.73. The number of likely N-dealkylation sites (tertiary alicyclic amines) is 1. The molecule has 2 aromatic carbocycles. The molecular formula is C22H24F3NO3. The first-order valence-corrected chi connectivity index (χ1v) is 9.54. The van der Waals surface area contributed by atoms with Gasteiger partial charge in [-0.05, 0) is 42.6 Å². The highest BCUT2D eigenvalue weighted by Gasteiger charge is 2.38. The Kier molecular flexibility index (Phi) is 6.47. The molecule has 0 bridgehead atoms. The van der Waals surface area contributed by atoms with E-state index in [9.17, 15) is 18.0 Å². The maximum absolute atomic E-state index is 12.4. The molecule has 0 aromatic heterocycles. The zero-order valence-electron chi connectivity index (χ0n) is 16.4. The molecule has 4 nitrogen and oxygen atoms in total. The molecule has 3 unspecified atom stereocenters. The van der Waals surface area contributed by atoms with Crippen LogP contribution < -0.4 is 4.74 Å². The van der Waals surface area contributed by atoms with Crippen molar-refractivity contribution in [3.05, 3.63) is 65.7 Å². The summed E-state index contributed by atoms with van der Waals surface area (Å²) in [7, 11) is 1.38. The maximum atomic E-state index is 12.4. The molecule has 29 heavy (non-hydrogen) atoms. The number of benzene rings is 2. The van der Waals surface area contributed by atoms with Crippen molar-refractivity contribution in [2.75, 3.05) is 13.7 Å². The number of alkyl halides is 3. The zero-order chi connectivity index (χ0) is 21.0. The standard InChI is InChI=1S/C22H24F3NO3/c1-15(21(27)28-2)20(17-7-4-3-5-8-17)26-14-6-9-19(26)16-10-12-18(13-11-16)29-22(23,24)25/h3-5,7-8,10-13,15,19-20H,6,9,14H2,1-2H3. The normalized spacial score (nSPS) is 19.6. The van der Waals surface area contributed by atoms with Crippen molar-refractivity contribution in [1.29, 1.82) is 0 Å². The number of methoxy groups -OCH3 is 1. The third-order valence-corrected chi connectivity index (χ3v) is 5.34. The van der Waals surface area contributed by atoms with Crippen LogP contribution in [0.2, 0.25) is 0 Å². The lowest BCUT2D eigenvalue weighted by Crippen LogP contribution is -2.36. The van der Waals surface area contributed by atoms with Crippen molar-refractivity contribution in [2.24, 2.45) is 5.92 Å². The van der Waals surface area contributed by atoms with Crippen LogP contribution in [0.15, 0.2) is 54.6 Å². The minimum atomic E-state index is -4.71. The predicted molar refractivity (Wildman–Crippen MR) is 102 cm³/mol. The number of halogens is 3. The van der Waals surface area contributed by atoms with Crippen LogP contribution in [-0.2, 0) is 9.53 Å². The average molecular weight is 407 g/mol. The van der Waals surface area contributed by atoms with Crippen molar-refractivity contribution in [3.63, 3.8) is 0 Å². The Morgan fingerprint density at radius 1 is 1.10 bits per heavy atom. The van der Waals surface area contributed by atoms with Gasteiger partial charge < -0.3 is 9.47 Å². The van der Waals surface area contributed by atoms with Crippen LogP contribution in [0.4, 0.5) is 13.2 Å². The number of esters is 1. The minimum Gasteiger partial charge on any atom is -0.469 e. The van der Waals surface area contributed by atoms with Gasteiger partial charge in [0.1, 0.15) is 5.75 Å². The van der Waals surface area contributed by atoms with E-state index >= 15 is 0 Å². The fourth-order valence-electron chi connectivity index (χ4n) is 4.10. The Balaban J connectivity index is 1.89. The molecule has 1 aliphatic rings. The molecule has 2 aromatic rings. The van der Waals surface area contributed by atoms with E-state index in [1.165, 1.54) is 19.2 Å². The minimum absolute atomic E-state index is 0.00718. The lowest BCUT2D eigenvalue weighted by Gasteiger charge is -2.36. The molecule has 0 amide bonds. The van der Waals surface area contributed by atoms with Gasteiger partial charge in [-0.25, -0.2) is 0 Å². The molecule has 1 aliphatic heterocycles. The quantitative estimate of drug-likeness (QED) is 0.612. The highest BCUT2D eigenvalue weighted by Crippen LogP contribution is 2.42. The van der Waals surface area contributed by atoms with Gasteiger partial charge in [-0.15, -0.1) is 13.2 Å². The number of rotatable bonds is 6. The van der Waals surface area contributed by atoms with Crippen LogP contribution in [-0.4, -0.2) is 30.9 Å². The molecule has 1 heterocycles. The molecular weight excluding hydrogens is 383 g/mol. The summed E-state index contributed by atoms with van der Waals surface area (Å²) in [5, 5.41) is 0. The summed E-state index contributed by atoms with van der Waals surface area (Å²) < 4.78 is 46.2. The molecule has 0 saturated carbocycles. The van der Waals surface area contributed by atoms with Crippen molar-refractivity contribution in [3.8, 4) is 5.75 Å². The molecule has 156 valence electrons. The molecule has 3 atom stereocenters.